The fourth-order valence-electron chi connectivity index (χ4n) is 1.92. The average molecular weight is 283 g/mol. The number of aromatic nitrogens is 2. The zero-order valence-corrected chi connectivity index (χ0v) is 12.1. The van der Waals surface area contributed by atoms with Gasteiger partial charge in [0.05, 0.1) is 9.90 Å². The van der Waals surface area contributed by atoms with E-state index in [1.807, 2.05) is 18.4 Å². The van der Waals surface area contributed by atoms with Crippen molar-refractivity contribution in [1.82, 2.24) is 9.97 Å². The summed E-state index contributed by atoms with van der Waals surface area (Å²) < 4.78 is 0. The van der Waals surface area contributed by atoms with Crippen molar-refractivity contribution in [3.8, 4) is 10.7 Å². The van der Waals surface area contributed by atoms with Crippen LogP contribution in [0.1, 0.15) is 31.0 Å². The van der Waals surface area contributed by atoms with Crippen LogP contribution in [-0.2, 0) is 0 Å². The van der Waals surface area contributed by atoms with Crippen LogP contribution < -0.4 is 11.3 Å². The summed E-state index contributed by atoms with van der Waals surface area (Å²) in [6.45, 7) is 6.15. The lowest BCUT2D eigenvalue weighted by Gasteiger charge is -2.14. The van der Waals surface area contributed by atoms with Crippen LogP contribution in [0.2, 0.25) is 5.02 Å². The molecule has 6 heteroatoms. The van der Waals surface area contributed by atoms with E-state index in [1.54, 1.807) is 0 Å². The van der Waals surface area contributed by atoms with Gasteiger partial charge in [0.15, 0.2) is 5.82 Å². The largest absolute Gasteiger partial charge is 0.308 e. The monoisotopic (exact) mass is 282 g/mol. The van der Waals surface area contributed by atoms with Crippen molar-refractivity contribution in [3.63, 3.8) is 0 Å². The van der Waals surface area contributed by atoms with E-state index in [1.165, 1.54) is 11.3 Å². The zero-order valence-electron chi connectivity index (χ0n) is 10.5. The van der Waals surface area contributed by atoms with Gasteiger partial charge in [-0.3, -0.25) is 0 Å². The number of hydrazine groups is 1. The number of hydrogen-bond donors (Lipinski definition) is 2. The summed E-state index contributed by atoms with van der Waals surface area (Å²) in [4.78, 5) is 9.93. The number of rotatable bonds is 3. The van der Waals surface area contributed by atoms with E-state index >= 15 is 0 Å². The lowest BCUT2D eigenvalue weighted by atomic mass is 10.0. The Bertz CT molecular complexity index is 565. The Morgan fingerprint density at radius 3 is 2.61 bits per heavy atom. The minimum atomic E-state index is 0.317. The number of halogens is 1. The van der Waals surface area contributed by atoms with Gasteiger partial charge in [0.25, 0.3) is 0 Å². The minimum Gasteiger partial charge on any atom is -0.308 e. The van der Waals surface area contributed by atoms with Gasteiger partial charge in [0.2, 0.25) is 0 Å². The second kappa shape index (κ2) is 5.22. The molecule has 2 heterocycles. The van der Waals surface area contributed by atoms with E-state index in [9.17, 15) is 0 Å². The van der Waals surface area contributed by atoms with Crippen molar-refractivity contribution in [2.24, 2.45) is 5.84 Å². The molecule has 2 aromatic heterocycles. The van der Waals surface area contributed by atoms with Crippen LogP contribution in [0.3, 0.4) is 0 Å². The third-order valence-corrected chi connectivity index (χ3v) is 3.91. The van der Waals surface area contributed by atoms with Gasteiger partial charge in [-0.25, -0.2) is 15.8 Å². The second-order valence-corrected chi connectivity index (χ2v) is 5.67. The highest BCUT2D eigenvalue weighted by atomic mass is 35.5. The second-order valence-electron chi connectivity index (χ2n) is 4.32. The van der Waals surface area contributed by atoms with Crippen molar-refractivity contribution >= 4 is 28.8 Å². The molecule has 0 aliphatic rings. The van der Waals surface area contributed by atoms with Gasteiger partial charge in [-0.2, -0.15) is 0 Å². The highest BCUT2D eigenvalue weighted by molar-refractivity contribution is 7.14. The van der Waals surface area contributed by atoms with Crippen LogP contribution in [0.25, 0.3) is 10.7 Å². The van der Waals surface area contributed by atoms with E-state index < -0.39 is 0 Å². The van der Waals surface area contributed by atoms with Gasteiger partial charge in [-0.05, 0) is 18.9 Å². The summed E-state index contributed by atoms with van der Waals surface area (Å²) >= 11 is 7.44. The highest BCUT2D eigenvalue weighted by Crippen LogP contribution is 2.31. The summed E-state index contributed by atoms with van der Waals surface area (Å²) in [5.41, 5.74) is 4.64. The van der Waals surface area contributed by atoms with Crippen molar-refractivity contribution in [3.05, 3.63) is 27.7 Å². The first-order valence-electron chi connectivity index (χ1n) is 5.62. The van der Waals surface area contributed by atoms with Crippen LogP contribution in [0.15, 0.2) is 11.4 Å². The third-order valence-electron chi connectivity index (χ3n) is 2.64. The van der Waals surface area contributed by atoms with Crippen molar-refractivity contribution in [2.75, 3.05) is 5.43 Å². The SMILES string of the molecule is Cc1nc(-c2cc(Cl)cs2)nc(NN)c1C(C)C. The van der Waals surface area contributed by atoms with E-state index in [-0.39, 0.29) is 0 Å². The quantitative estimate of drug-likeness (QED) is 0.667. The first-order valence-corrected chi connectivity index (χ1v) is 6.88. The minimum absolute atomic E-state index is 0.317. The molecule has 0 bridgehead atoms. The highest BCUT2D eigenvalue weighted by Gasteiger charge is 2.15. The van der Waals surface area contributed by atoms with E-state index in [0.717, 1.165) is 16.1 Å². The van der Waals surface area contributed by atoms with Crippen LogP contribution in [0.5, 0.6) is 0 Å². The fourth-order valence-corrected chi connectivity index (χ4v) is 2.93. The number of anilines is 1. The van der Waals surface area contributed by atoms with Gasteiger partial charge in [-0.1, -0.05) is 25.4 Å². The third kappa shape index (κ3) is 2.48. The first-order chi connectivity index (χ1) is 8.52. The first kappa shape index (κ1) is 13.3. The molecule has 0 amide bonds. The molecule has 0 unspecified atom stereocenters. The van der Waals surface area contributed by atoms with Crippen LogP contribution in [0, 0.1) is 6.92 Å². The molecule has 0 atom stereocenters. The van der Waals surface area contributed by atoms with Crippen molar-refractivity contribution < 1.29 is 0 Å². The maximum atomic E-state index is 5.92. The summed E-state index contributed by atoms with van der Waals surface area (Å²) in [5.74, 6) is 7.20. The molecule has 3 N–H and O–H groups in total. The Kier molecular flexibility index (Phi) is 3.85. The maximum absolute atomic E-state index is 5.92. The molecule has 0 radical (unpaired) electrons. The van der Waals surface area contributed by atoms with E-state index in [4.69, 9.17) is 17.4 Å². The molecule has 18 heavy (non-hydrogen) atoms. The Morgan fingerprint density at radius 2 is 2.11 bits per heavy atom. The molecule has 0 aromatic carbocycles. The Balaban J connectivity index is 2.55. The van der Waals surface area contributed by atoms with Crippen LogP contribution in [-0.4, -0.2) is 9.97 Å². The van der Waals surface area contributed by atoms with E-state index in [0.29, 0.717) is 22.6 Å². The molecule has 0 spiro atoms. The summed E-state index contributed by atoms with van der Waals surface area (Å²) in [6, 6.07) is 1.86. The zero-order chi connectivity index (χ0) is 13.3. The van der Waals surface area contributed by atoms with Crippen LogP contribution in [0.4, 0.5) is 5.82 Å². The summed E-state index contributed by atoms with van der Waals surface area (Å²) in [6.07, 6.45) is 0. The molecule has 0 aliphatic carbocycles. The molecular weight excluding hydrogens is 268 g/mol. The maximum Gasteiger partial charge on any atom is 0.171 e. The smallest absolute Gasteiger partial charge is 0.171 e. The molecule has 2 rings (SSSR count). The molecule has 0 saturated carbocycles. The molecular formula is C12H15ClN4S. The lowest BCUT2D eigenvalue weighted by molar-refractivity contribution is 0.832. The number of nitrogens with one attached hydrogen (secondary N) is 1. The normalized spacial score (nSPS) is 11.0. The van der Waals surface area contributed by atoms with Crippen LogP contribution >= 0.6 is 22.9 Å². The Hall–Kier alpha value is -1.17. The predicted molar refractivity (Wildman–Crippen MR) is 77.0 cm³/mol. The summed E-state index contributed by atoms with van der Waals surface area (Å²) in [5, 5.41) is 2.56. The van der Waals surface area contributed by atoms with Gasteiger partial charge in [0.1, 0.15) is 5.82 Å². The predicted octanol–water partition coefficient (Wildman–Crippen LogP) is 3.58. The number of nitrogens with zero attached hydrogens (tertiary/aromatic N) is 2. The topological polar surface area (TPSA) is 63.8 Å². The number of thiophene rings is 1. The van der Waals surface area contributed by atoms with Crippen molar-refractivity contribution in [2.45, 2.75) is 26.7 Å². The lowest BCUT2D eigenvalue weighted by Crippen LogP contribution is -2.14. The number of nitrogen functional groups attached to an aromatic ring is 1. The number of nitrogens with two attached hydrogens (primary N) is 1. The Labute approximate surface area is 115 Å². The Morgan fingerprint density at radius 1 is 1.39 bits per heavy atom. The standard InChI is InChI=1S/C12H15ClN4S/c1-6(2)10-7(3)15-11(16-12(10)17-14)9-4-8(13)5-18-9/h4-6H,14H2,1-3H3,(H,15,16,17). The number of hydrogen-bond acceptors (Lipinski definition) is 5. The van der Waals surface area contributed by atoms with Crippen molar-refractivity contribution in [1.29, 1.82) is 0 Å². The van der Waals surface area contributed by atoms with Gasteiger partial charge < -0.3 is 5.43 Å². The molecule has 2 aromatic rings. The van der Waals surface area contributed by atoms with E-state index in [2.05, 4.69) is 29.2 Å². The molecule has 96 valence electrons. The average Bonchev–Trinajstić information content (AvgIpc) is 2.74. The van der Waals surface area contributed by atoms with Gasteiger partial charge in [0, 0.05) is 16.6 Å². The molecule has 0 aliphatic heterocycles. The molecule has 4 nitrogen and oxygen atoms in total. The van der Waals surface area contributed by atoms with Gasteiger partial charge >= 0.3 is 0 Å². The summed E-state index contributed by atoms with van der Waals surface area (Å²) in [7, 11) is 0. The number of aryl methyl sites for hydroxylation is 1. The molecule has 0 saturated heterocycles. The fraction of sp³-hybridized carbons (Fsp3) is 0.333. The molecule has 0 fully saturated rings. The van der Waals surface area contributed by atoms with Gasteiger partial charge in [-0.15, -0.1) is 11.3 Å².